The highest BCUT2D eigenvalue weighted by Gasteiger charge is 2.12. The van der Waals surface area contributed by atoms with Crippen molar-refractivity contribution in [3.05, 3.63) is 87.6 Å². The lowest BCUT2D eigenvalue weighted by molar-refractivity contribution is -0.384. The van der Waals surface area contributed by atoms with Gasteiger partial charge in [-0.3, -0.25) is 19.9 Å². The Labute approximate surface area is 176 Å². The first-order chi connectivity index (χ1) is 14.5. The Morgan fingerprint density at radius 1 is 1.07 bits per heavy atom. The monoisotopic (exact) mass is 403 g/mol. The van der Waals surface area contributed by atoms with Crippen LogP contribution in [0.4, 0.5) is 11.4 Å². The van der Waals surface area contributed by atoms with E-state index in [9.17, 15) is 14.9 Å². The molecule has 1 amide bonds. The van der Waals surface area contributed by atoms with E-state index in [0.29, 0.717) is 11.3 Å². The average Bonchev–Trinajstić information content (AvgIpc) is 2.76. The molecular formula is C24H25N3O3. The number of carbonyl (C=O) groups is 1. The van der Waals surface area contributed by atoms with Crippen LogP contribution in [-0.2, 0) is 6.42 Å². The van der Waals surface area contributed by atoms with Crippen LogP contribution in [0.1, 0.15) is 47.7 Å². The van der Waals surface area contributed by atoms with Crippen molar-refractivity contribution in [3.63, 3.8) is 0 Å². The van der Waals surface area contributed by atoms with E-state index in [4.69, 9.17) is 0 Å². The Bertz CT molecular complexity index is 1030. The van der Waals surface area contributed by atoms with Gasteiger partial charge in [-0.05, 0) is 49.1 Å². The van der Waals surface area contributed by atoms with Crippen LogP contribution in [0.5, 0.6) is 0 Å². The molecule has 0 radical (unpaired) electrons. The Balaban J connectivity index is 1.69. The van der Waals surface area contributed by atoms with Gasteiger partial charge in [-0.2, -0.15) is 0 Å². The largest absolute Gasteiger partial charge is 0.321 e. The number of pyridine rings is 1. The number of hydrogen-bond donors (Lipinski definition) is 1. The van der Waals surface area contributed by atoms with Gasteiger partial charge in [0.2, 0.25) is 0 Å². The van der Waals surface area contributed by atoms with Crippen LogP contribution in [-0.4, -0.2) is 15.8 Å². The number of unbranched alkanes of at least 4 members (excludes halogenated alkanes) is 2. The Kier molecular flexibility index (Phi) is 6.91. The molecule has 0 spiro atoms. The predicted octanol–water partition coefficient (Wildman–Crippen LogP) is 5.95. The van der Waals surface area contributed by atoms with Crippen LogP contribution in [0.15, 0.2) is 60.8 Å². The van der Waals surface area contributed by atoms with Gasteiger partial charge in [-0.15, -0.1) is 0 Å². The number of aryl methyl sites for hydroxylation is 2. The topological polar surface area (TPSA) is 85.1 Å². The minimum absolute atomic E-state index is 0.0598. The van der Waals surface area contributed by atoms with Gasteiger partial charge in [0.05, 0.1) is 16.3 Å². The maximum absolute atomic E-state index is 12.6. The molecule has 0 aliphatic rings. The van der Waals surface area contributed by atoms with Gasteiger partial charge in [0, 0.05) is 29.5 Å². The van der Waals surface area contributed by atoms with E-state index in [1.165, 1.54) is 37.0 Å². The standard InChI is InChI=1S/C24H25N3O3/c1-3-4-5-6-18-8-14-22(25-16-18)19-9-11-20(12-10-19)24(28)26-23-15-21(27(29)30)13-7-17(23)2/h7-16H,3-6H2,1-2H3,(H,26,28). The fourth-order valence-electron chi connectivity index (χ4n) is 3.17. The van der Waals surface area contributed by atoms with Crippen molar-refractivity contribution in [3.8, 4) is 11.3 Å². The number of non-ortho nitro benzene ring substituents is 1. The Morgan fingerprint density at radius 3 is 2.47 bits per heavy atom. The van der Waals surface area contributed by atoms with Gasteiger partial charge in [-0.25, -0.2) is 0 Å². The molecule has 0 saturated carbocycles. The van der Waals surface area contributed by atoms with Crippen LogP contribution in [0.3, 0.4) is 0 Å². The lowest BCUT2D eigenvalue weighted by Gasteiger charge is -2.09. The minimum atomic E-state index is -0.480. The smallest absolute Gasteiger partial charge is 0.271 e. The summed E-state index contributed by atoms with van der Waals surface area (Å²) in [5.41, 5.74) is 4.62. The lowest BCUT2D eigenvalue weighted by atomic mass is 10.1. The van der Waals surface area contributed by atoms with E-state index < -0.39 is 4.92 Å². The first-order valence-corrected chi connectivity index (χ1v) is 10.1. The molecule has 0 fully saturated rings. The summed E-state index contributed by atoms with van der Waals surface area (Å²) in [6, 6.07) is 15.7. The molecule has 6 nitrogen and oxygen atoms in total. The maximum atomic E-state index is 12.6. The highest BCUT2D eigenvalue weighted by Crippen LogP contribution is 2.23. The molecule has 6 heteroatoms. The molecule has 3 aromatic rings. The molecule has 0 atom stereocenters. The van der Waals surface area contributed by atoms with Crippen molar-refractivity contribution in [2.75, 3.05) is 5.32 Å². The summed E-state index contributed by atoms with van der Waals surface area (Å²) >= 11 is 0. The highest BCUT2D eigenvalue weighted by atomic mass is 16.6. The van der Waals surface area contributed by atoms with Gasteiger partial charge < -0.3 is 5.32 Å². The van der Waals surface area contributed by atoms with Crippen molar-refractivity contribution in [2.24, 2.45) is 0 Å². The number of anilines is 1. The number of amides is 1. The summed E-state index contributed by atoms with van der Waals surface area (Å²) in [6.07, 6.45) is 6.55. The van der Waals surface area contributed by atoms with E-state index in [0.717, 1.165) is 23.2 Å². The molecule has 3 rings (SSSR count). The highest BCUT2D eigenvalue weighted by molar-refractivity contribution is 6.05. The van der Waals surface area contributed by atoms with Gasteiger partial charge in [-0.1, -0.05) is 44.0 Å². The zero-order valence-corrected chi connectivity index (χ0v) is 17.2. The van der Waals surface area contributed by atoms with Gasteiger partial charge in [0.1, 0.15) is 0 Å². The number of aromatic nitrogens is 1. The zero-order chi connectivity index (χ0) is 21.5. The van der Waals surface area contributed by atoms with Crippen molar-refractivity contribution in [2.45, 2.75) is 39.5 Å². The van der Waals surface area contributed by atoms with E-state index in [2.05, 4.69) is 23.3 Å². The molecular weight excluding hydrogens is 378 g/mol. The molecule has 0 unspecified atom stereocenters. The second-order valence-corrected chi connectivity index (χ2v) is 7.30. The SMILES string of the molecule is CCCCCc1ccc(-c2ccc(C(=O)Nc3cc([N+](=O)[O-])ccc3C)cc2)nc1. The van der Waals surface area contributed by atoms with E-state index in [1.54, 1.807) is 25.1 Å². The second kappa shape index (κ2) is 9.78. The molecule has 0 saturated heterocycles. The normalized spacial score (nSPS) is 10.6. The summed E-state index contributed by atoms with van der Waals surface area (Å²) in [6.45, 7) is 3.98. The van der Waals surface area contributed by atoms with Crippen molar-refractivity contribution < 1.29 is 9.72 Å². The molecule has 30 heavy (non-hydrogen) atoms. The van der Waals surface area contributed by atoms with Crippen LogP contribution in [0, 0.1) is 17.0 Å². The van der Waals surface area contributed by atoms with Crippen LogP contribution in [0.25, 0.3) is 11.3 Å². The van der Waals surface area contributed by atoms with E-state index in [1.807, 2.05) is 24.4 Å². The third-order valence-electron chi connectivity index (χ3n) is 5.02. The fourth-order valence-corrected chi connectivity index (χ4v) is 3.17. The molecule has 1 N–H and O–H groups in total. The van der Waals surface area contributed by atoms with E-state index in [-0.39, 0.29) is 11.6 Å². The summed E-state index contributed by atoms with van der Waals surface area (Å²) in [7, 11) is 0. The van der Waals surface area contributed by atoms with E-state index >= 15 is 0 Å². The summed E-state index contributed by atoms with van der Waals surface area (Å²) < 4.78 is 0. The number of benzene rings is 2. The van der Waals surface area contributed by atoms with Gasteiger partial charge >= 0.3 is 0 Å². The summed E-state index contributed by atoms with van der Waals surface area (Å²) in [5.74, 6) is -0.315. The van der Waals surface area contributed by atoms with Crippen molar-refractivity contribution >= 4 is 17.3 Å². The molecule has 0 aliphatic carbocycles. The van der Waals surface area contributed by atoms with Crippen molar-refractivity contribution in [1.29, 1.82) is 0 Å². The Hall–Kier alpha value is -3.54. The number of nitro benzene ring substituents is 1. The number of rotatable bonds is 8. The third-order valence-corrected chi connectivity index (χ3v) is 5.02. The number of nitrogens with one attached hydrogen (secondary N) is 1. The molecule has 0 aliphatic heterocycles. The van der Waals surface area contributed by atoms with Crippen LogP contribution >= 0.6 is 0 Å². The Morgan fingerprint density at radius 2 is 1.83 bits per heavy atom. The average molecular weight is 403 g/mol. The van der Waals surface area contributed by atoms with Crippen LogP contribution in [0.2, 0.25) is 0 Å². The molecule has 154 valence electrons. The van der Waals surface area contributed by atoms with Gasteiger partial charge in [0.15, 0.2) is 0 Å². The first-order valence-electron chi connectivity index (χ1n) is 10.1. The fraction of sp³-hybridized carbons (Fsp3) is 0.250. The molecule has 1 heterocycles. The lowest BCUT2D eigenvalue weighted by Crippen LogP contribution is -2.12. The molecule has 0 bridgehead atoms. The number of hydrogen-bond acceptors (Lipinski definition) is 4. The van der Waals surface area contributed by atoms with Gasteiger partial charge in [0.25, 0.3) is 11.6 Å². The number of nitrogens with zero attached hydrogens (tertiary/aromatic N) is 2. The summed E-state index contributed by atoms with van der Waals surface area (Å²) in [5, 5.41) is 13.7. The van der Waals surface area contributed by atoms with Crippen LogP contribution < -0.4 is 5.32 Å². The quantitative estimate of drug-likeness (QED) is 0.286. The first kappa shape index (κ1) is 21.2. The predicted molar refractivity (Wildman–Crippen MR) is 119 cm³/mol. The molecule has 2 aromatic carbocycles. The van der Waals surface area contributed by atoms with Crippen molar-refractivity contribution in [1.82, 2.24) is 4.98 Å². The minimum Gasteiger partial charge on any atom is -0.321 e. The number of nitro groups is 1. The number of carbonyl (C=O) groups excluding carboxylic acids is 1. The zero-order valence-electron chi connectivity index (χ0n) is 17.2. The maximum Gasteiger partial charge on any atom is 0.271 e. The molecule has 1 aromatic heterocycles. The summed E-state index contributed by atoms with van der Waals surface area (Å²) in [4.78, 5) is 27.6. The second-order valence-electron chi connectivity index (χ2n) is 7.30. The third kappa shape index (κ3) is 5.29.